The number of unbranched alkanes of at least 4 members (excludes halogenated alkanes) is 2. The highest BCUT2D eigenvalue weighted by atomic mass is 16.5. The summed E-state index contributed by atoms with van der Waals surface area (Å²) < 4.78 is 4.61. The van der Waals surface area contributed by atoms with E-state index in [4.69, 9.17) is 10.8 Å². The van der Waals surface area contributed by atoms with Gasteiger partial charge in [-0.1, -0.05) is 0 Å². The Morgan fingerprint density at radius 2 is 2.06 bits per heavy atom. The van der Waals surface area contributed by atoms with Crippen molar-refractivity contribution in [1.82, 2.24) is 5.32 Å². The number of aliphatic hydroxyl groups excluding tert-OH is 1. The van der Waals surface area contributed by atoms with Crippen LogP contribution in [0.25, 0.3) is 0 Å². The van der Waals surface area contributed by atoms with E-state index in [0.717, 1.165) is 12.8 Å². The van der Waals surface area contributed by atoms with Gasteiger partial charge in [-0.3, -0.25) is 4.79 Å². The fourth-order valence-electron chi connectivity index (χ4n) is 1.07. The molecule has 16 heavy (non-hydrogen) atoms. The molecule has 1 amide bonds. The molecule has 0 heterocycles. The van der Waals surface area contributed by atoms with E-state index in [9.17, 15) is 9.59 Å². The smallest absolute Gasteiger partial charge is 0.332 e. The van der Waals surface area contributed by atoms with Crippen molar-refractivity contribution in [2.75, 3.05) is 19.8 Å². The van der Waals surface area contributed by atoms with Gasteiger partial charge in [-0.25, -0.2) is 4.79 Å². The van der Waals surface area contributed by atoms with E-state index in [1.165, 1.54) is 0 Å². The van der Waals surface area contributed by atoms with Crippen molar-refractivity contribution in [3.8, 4) is 0 Å². The van der Waals surface area contributed by atoms with Gasteiger partial charge in [0.2, 0.25) is 5.91 Å². The molecule has 1 atom stereocenters. The van der Waals surface area contributed by atoms with E-state index in [-0.39, 0.29) is 13.2 Å². The highest BCUT2D eigenvalue weighted by Gasteiger charge is 2.22. The standard InChI is InChI=1S/C10H20N2O4/c1-2-16-10(15)8(11)9(14)12-6-4-3-5-7-13/h8,13H,2-7,11H2,1H3,(H,12,14). The molecule has 0 saturated heterocycles. The molecular formula is C10H20N2O4. The summed E-state index contributed by atoms with van der Waals surface area (Å²) in [6.07, 6.45) is 2.28. The summed E-state index contributed by atoms with van der Waals surface area (Å²) in [7, 11) is 0. The number of hydrogen-bond donors (Lipinski definition) is 3. The van der Waals surface area contributed by atoms with Crippen molar-refractivity contribution in [3.63, 3.8) is 0 Å². The van der Waals surface area contributed by atoms with Gasteiger partial charge in [-0.15, -0.1) is 0 Å². The molecule has 0 aromatic heterocycles. The molecule has 0 aliphatic heterocycles. The van der Waals surface area contributed by atoms with Crippen LogP contribution in [0.5, 0.6) is 0 Å². The lowest BCUT2D eigenvalue weighted by Crippen LogP contribution is -2.47. The topological polar surface area (TPSA) is 102 Å². The van der Waals surface area contributed by atoms with Crippen LogP contribution in [0.2, 0.25) is 0 Å². The van der Waals surface area contributed by atoms with Gasteiger partial charge in [0, 0.05) is 13.2 Å². The maximum atomic E-state index is 11.3. The Kier molecular flexibility index (Phi) is 8.46. The fourth-order valence-corrected chi connectivity index (χ4v) is 1.07. The molecule has 0 aliphatic carbocycles. The Bertz CT molecular complexity index is 221. The molecular weight excluding hydrogens is 212 g/mol. The summed E-state index contributed by atoms with van der Waals surface area (Å²) in [4.78, 5) is 22.4. The molecule has 0 rings (SSSR count). The Balaban J connectivity index is 3.67. The Morgan fingerprint density at radius 1 is 1.38 bits per heavy atom. The van der Waals surface area contributed by atoms with Gasteiger partial charge in [0.05, 0.1) is 6.61 Å². The number of carbonyl (C=O) groups is 2. The van der Waals surface area contributed by atoms with E-state index in [2.05, 4.69) is 10.1 Å². The fraction of sp³-hybridized carbons (Fsp3) is 0.800. The summed E-state index contributed by atoms with van der Waals surface area (Å²) in [5, 5.41) is 11.1. The average molecular weight is 232 g/mol. The molecule has 0 radical (unpaired) electrons. The molecule has 6 nitrogen and oxygen atoms in total. The number of nitrogens with one attached hydrogen (secondary N) is 1. The lowest BCUT2D eigenvalue weighted by Gasteiger charge is -2.10. The van der Waals surface area contributed by atoms with Gasteiger partial charge in [-0.05, 0) is 26.2 Å². The summed E-state index contributed by atoms with van der Waals surface area (Å²) >= 11 is 0. The largest absolute Gasteiger partial charge is 0.464 e. The summed E-state index contributed by atoms with van der Waals surface area (Å²) in [6, 6.07) is -1.25. The van der Waals surface area contributed by atoms with Crippen LogP contribution in [0.4, 0.5) is 0 Å². The third kappa shape index (κ3) is 6.36. The van der Waals surface area contributed by atoms with E-state index < -0.39 is 17.9 Å². The zero-order valence-corrected chi connectivity index (χ0v) is 9.57. The number of nitrogens with two attached hydrogens (primary N) is 1. The average Bonchev–Trinajstić information content (AvgIpc) is 2.27. The summed E-state index contributed by atoms with van der Waals surface area (Å²) in [6.45, 7) is 2.45. The van der Waals surface area contributed by atoms with E-state index in [0.29, 0.717) is 13.0 Å². The van der Waals surface area contributed by atoms with Gasteiger partial charge in [-0.2, -0.15) is 0 Å². The van der Waals surface area contributed by atoms with Crippen molar-refractivity contribution in [2.45, 2.75) is 32.2 Å². The molecule has 0 aliphatic rings. The van der Waals surface area contributed by atoms with Crippen LogP contribution in [0.3, 0.4) is 0 Å². The lowest BCUT2D eigenvalue weighted by molar-refractivity contribution is -0.147. The van der Waals surface area contributed by atoms with E-state index in [1.807, 2.05) is 0 Å². The first-order valence-corrected chi connectivity index (χ1v) is 5.44. The molecule has 0 saturated carbocycles. The molecule has 0 bridgehead atoms. The van der Waals surface area contributed by atoms with Gasteiger partial charge >= 0.3 is 5.97 Å². The second kappa shape index (κ2) is 9.11. The highest BCUT2D eigenvalue weighted by Crippen LogP contribution is 1.92. The minimum Gasteiger partial charge on any atom is -0.464 e. The van der Waals surface area contributed by atoms with Crippen molar-refractivity contribution < 1.29 is 19.4 Å². The number of aliphatic hydroxyl groups is 1. The predicted octanol–water partition coefficient (Wildman–Crippen LogP) is -0.844. The maximum Gasteiger partial charge on any atom is 0.332 e. The van der Waals surface area contributed by atoms with Crippen molar-refractivity contribution >= 4 is 11.9 Å². The van der Waals surface area contributed by atoms with Crippen LogP contribution in [0.1, 0.15) is 26.2 Å². The number of esters is 1. The third-order valence-corrected chi connectivity index (χ3v) is 1.96. The molecule has 4 N–H and O–H groups in total. The van der Waals surface area contributed by atoms with E-state index >= 15 is 0 Å². The monoisotopic (exact) mass is 232 g/mol. The SMILES string of the molecule is CCOC(=O)C(N)C(=O)NCCCCCO. The normalized spacial score (nSPS) is 11.9. The Morgan fingerprint density at radius 3 is 2.62 bits per heavy atom. The van der Waals surface area contributed by atoms with Crippen LogP contribution in [0.15, 0.2) is 0 Å². The zero-order chi connectivity index (χ0) is 12.4. The summed E-state index contributed by atoms with van der Waals surface area (Å²) in [5.74, 6) is -1.24. The van der Waals surface area contributed by atoms with Crippen LogP contribution < -0.4 is 11.1 Å². The number of carbonyl (C=O) groups excluding carboxylic acids is 2. The maximum absolute atomic E-state index is 11.3. The van der Waals surface area contributed by atoms with Crippen LogP contribution in [0, 0.1) is 0 Å². The van der Waals surface area contributed by atoms with Gasteiger partial charge in [0.25, 0.3) is 0 Å². The van der Waals surface area contributed by atoms with Crippen molar-refractivity contribution in [2.24, 2.45) is 5.73 Å². The Hall–Kier alpha value is -1.14. The first-order chi connectivity index (χ1) is 7.63. The van der Waals surface area contributed by atoms with Crippen LogP contribution >= 0.6 is 0 Å². The molecule has 0 fully saturated rings. The second-order valence-corrected chi connectivity index (χ2v) is 3.31. The number of hydrogen-bond acceptors (Lipinski definition) is 5. The first-order valence-electron chi connectivity index (χ1n) is 5.44. The molecule has 0 aromatic rings. The molecule has 94 valence electrons. The minimum atomic E-state index is -1.25. The lowest BCUT2D eigenvalue weighted by atomic mass is 10.2. The van der Waals surface area contributed by atoms with Gasteiger partial charge in [0.1, 0.15) is 0 Å². The molecule has 0 aromatic carbocycles. The third-order valence-electron chi connectivity index (χ3n) is 1.96. The van der Waals surface area contributed by atoms with Crippen molar-refractivity contribution in [1.29, 1.82) is 0 Å². The predicted molar refractivity (Wildman–Crippen MR) is 58.6 cm³/mol. The second-order valence-electron chi connectivity index (χ2n) is 3.31. The van der Waals surface area contributed by atoms with Crippen molar-refractivity contribution in [3.05, 3.63) is 0 Å². The quantitative estimate of drug-likeness (QED) is 0.287. The molecule has 0 spiro atoms. The van der Waals surface area contributed by atoms with Gasteiger partial charge in [0.15, 0.2) is 6.04 Å². The highest BCUT2D eigenvalue weighted by molar-refractivity contribution is 6.01. The first kappa shape index (κ1) is 14.9. The van der Waals surface area contributed by atoms with Gasteiger partial charge < -0.3 is 20.9 Å². The Labute approximate surface area is 95.1 Å². The number of ether oxygens (including phenoxy) is 1. The van der Waals surface area contributed by atoms with Crippen LogP contribution in [-0.2, 0) is 14.3 Å². The van der Waals surface area contributed by atoms with E-state index in [1.54, 1.807) is 6.92 Å². The zero-order valence-electron chi connectivity index (χ0n) is 9.57. The molecule has 6 heteroatoms. The minimum absolute atomic E-state index is 0.149. The summed E-state index contributed by atoms with van der Waals surface area (Å²) in [5.41, 5.74) is 5.36. The number of rotatable bonds is 8. The number of amides is 1. The van der Waals surface area contributed by atoms with Crippen LogP contribution in [-0.4, -0.2) is 42.8 Å². The molecule has 1 unspecified atom stereocenters.